The summed E-state index contributed by atoms with van der Waals surface area (Å²) in [6, 6.07) is 4.69. The van der Waals surface area contributed by atoms with Gasteiger partial charge in [-0.15, -0.1) is 11.8 Å². The molecule has 0 saturated carbocycles. The van der Waals surface area contributed by atoms with Crippen LogP contribution in [-0.4, -0.2) is 22.4 Å². The van der Waals surface area contributed by atoms with E-state index >= 15 is 0 Å². The zero-order chi connectivity index (χ0) is 13.0. The molecule has 1 aromatic carbocycles. The summed E-state index contributed by atoms with van der Waals surface area (Å²) >= 11 is 7.81. The Bertz CT molecular complexity index is 409. The van der Waals surface area contributed by atoms with Crippen LogP contribution >= 0.6 is 23.4 Å². The molecule has 0 aliphatic heterocycles. The Hall–Kier alpha value is -0.710. The Morgan fingerprint density at radius 3 is 2.65 bits per heavy atom. The summed E-state index contributed by atoms with van der Waals surface area (Å²) in [5, 5.41) is 9.83. The van der Waals surface area contributed by atoms with Gasteiger partial charge in [-0.05, 0) is 24.1 Å². The van der Waals surface area contributed by atoms with Crippen molar-refractivity contribution in [1.82, 2.24) is 0 Å². The molecule has 3 N–H and O–H groups in total. The van der Waals surface area contributed by atoms with Gasteiger partial charge in [0.1, 0.15) is 6.04 Å². The van der Waals surface area contributed by atoms with Gasteiger partial charge in [-0.2, -0.15) is 0 Å². The number of thioether (sulfide) groups is 1. The lowest BCUT2D eigenvalue weighted by atomic mass is 10.1. The summed E-state index contributed by atoms with van der Waals surface area (Å²) < 4.78 is 0. The number of carboxylic acids is 1. The highest BCUT2D eigenvalue weighted by Gasteiger charge is 2.13. The van der Waals surface area contributed by atoms with Crippen LogP contribution in [0.3, 0.4) is 0 Å². The van der Waals surface area contributed by atoms with Crippen molar-refractivity contribution in [3.63, 3.8) is 0 Å². The van der Waals surface area contributed by atoms with Gasteiger partial charge in [0.2, 0.25) is 0 Å². The molecule has 0 fully saturated rings. The molecule has 0 radical (unpaired) electrons. The Kier molecular flexibility index (Phi) is 5.31. The largest absolute Gasteiger partial charge is 0.480 e. The Morgan fingerprint density at radius 1 is 1.53 bits per heavy atom. The molecule has 0 spiro atoms. The topological polar surface area (TPSA) is 63.3 Å². The Balaban J connectivity index is 2.78. The van der Waals surface area contributed by atoms with E-state index in [9.17, 15) is 4.79 Å². The average molecular weight is 274 g/mol. The SMILES string of the molecule is CC(C)Sc1ccc(CC(N)C(=O)O)cc1Cl. The van der Waals surface area contributed by atoms with Crippen molar-refractivity contribution in [1.29, 1.82) is 0 Å². The number of nitrogens with two attached hydrogens (primary N) is 1. The number of carboxylic acid groups (broad SMARTS) is 1. The van der Waals surface area contributed by atoms with Crippen LogP contribution in [0.15, 0.2) is 23.1 Å². The highest BCUT2D eigenvalue weighted by molar-refractivity contribution is 8.00. The highest BCUT2D eigenvalue weighted by Crippen LogP contribution is 2.31. The molecular weight excluding hydrogens is 258 g/mol. The van der Waals surface area contributed by atoms with E-state index in [1.54, 1.807) is 17.8 Å². The van der Waals surface area contributed by atoms with E-state index in [-0.39, 0.29) is 0 Å². The van der Waals surface area contributed by atoms with Gasteiger partial charge in [0.05, 0.1) is 5.02 Å². The minimum absolute atomic E-state index is 0.293. The molecule has 1 aromatic rings. The van der Waals surface area contributed by atoms with Crippen LogP contribution in [-0.2, 0) is 11.2 Å². The monoisotopic (exact) mass is 273 g/mol. The van der Waals surface area contributed by atoms with Crippen LogP contribution < -0.4 is 5.73 Å². The number of hydrogen-bond acceptors (Lipinski definition) is 3. The lowest BCUT2D eigenvalue weighted by Gasteiger charge is -2.10. The normalized spacial score (nSPS) is 12.8. The molecule has 1 rings (SSSR count). The minimum Gasteiger partial charge on any atom is -0.480 e. The van der Waals surface area contributed by atoms with Gasteiger partial charge in [-0.25, -0.2) is 0 Å². The van der Waals surface area contributed by atoms with E-state index < -0.39 is 12.0 Å². The molecule has 0 bridgehead atoms. The van der Waals surface area contributed by atoms with Gasteiger partial charge < -0.3 is 10.8 Å². The van der Waals surface area contributed by atoms with Gasteiger partial charge in [-0.3, -0.25) is 4.79 Å². The van der Waals surface area contributed by atoms with Crippen molar-refractivity contribution in [3.8, 4) is 0 Å². The molecule has 5 heteroatoms. The van der Waals surface area contributed by atoms with Crippen molar-refractivity contribution in [2.24, 2.45) is 5.73 Å². The fourth-order valence-corrected chi connectivity index (χ4v) is 2.52. The first-order chi connectivity index (χ1) is 7.90. The van der Waals surface area contributed by atoms with Crippen molar-refractivity contribution in [2.75, 3.05) is 0 Å². The second-order valence-electron chi connectivity index (χ2n) is 4.08. The summed E-state index contributed by atoms with van der Waals surface area (Å²) in [6.07, 6.45) is 0.293. The second-order valence-corrected chi connectivity index (χ2v) is 6.11. The smallest absolute Gasteiger partial charge is 0.320 e. The fraction of sp³-hybridized carbons (Fsp3) is 0.417. The van der Waals surface area contributed by atoms with Crippen molar-refractivity contribution in [2.45, 2.75) is 36.5 Å². The first kappa shape index (κ1) is 14.4. The fourth-order valence-electron chi connectivity index (χ4n) is 1.36. The molecule has 1 atom stereocenters. The second kappa shape index (κ2) is 6.28. The molecule has 0 aliphatic rings. The third-order valence-electron chi connectivity index (χ3n) is 2.13. The first-order valence-electron chi connectivity index (χ1n) is 5.33. The maximum atomic E-state index is 10.6. The molecular formula is C12H16ClNO2S. The molecule has 0 amide bonds. The predicted octanol–water partition coefficient (Wildman–Crippen LogP) is 2.79. The van der Waals surface area contributed by atoms with E-state index in [2.05, 4.69) is 13.8 Å². The molecule has 0 aliphatic carbocycles. The van der Waals surface area contributed by atoms with Crippen LogP contribution in [0.5, 0.6) is 0 Å². The predicted molar refractivity (Wildman–Crippen MR) is 71.8 cm³/mol. The molecule has 0 aromatic heterocycles. The zero-order valence-electron chi connectivity index (χ0n) is 9.81. The van der Waals surface area contributed by atoms with E-state index in [1.807, 2.05) is 12.1 Å². The lowest BCUT2D eigenvalue weighted by molar-refractivity contribution is -0.138. The molecule has 94 valence electrons. The molecule has 17 heavy (non-hydrogen) atoms. The van der Waals surface area contributed by atoms with Crippen LogP contribution in [0, 0.1) is 0 Å². The summed E-state index contributed by atoms with van der Waals surface area (Å²) in [5.41, 5.74) is 6.31. The van der Waals surface area contributed by atoms with Crippen molar-refractivity contribution >= 4 is 29.3 Å². The quantitative estimate of drug-likeness (QED) is 0.810. The van der Waals surface area contributed by atoms with Crippen LogP contribution in [0.4, 0.5) is 0 Å². The van der Waals surface area contributed by atoms with Gasteiger partial charge in [0.25, 0.3) is 0 Å². The number of carbonyl (C=O) groups is 1. The van der Waals surface area contributed by atoms with Gasteiger partial charge >= 0.3 is 5.97 Å². The van der Waals surface area contributed by atoms with Crippen LogP contribution in [0.2, 0.25) is 5.02 Å². The van der Waals surface area contributed by atoms with E-state index in [0.717, 1.165) is 10.5 Å². The van der Waals surface area contributed by atoms with Gasteiger partial charge in [0, 0.05) is 10.1 Å². The first-order valence-corrected chi connectivity index (χ1v) is 6.59. The van der Waals surface area contributed by atoms with Gasteiger partial charge in [-0.1, -0.05) is 31.5 Å². The number of halogens is 1. The summed E-state index contributed by atoms with van der Waals surface area (Å²) in [5.74, 6) is -0.998. The number of hydrogen-bond donors (Lipinski definition) is 2. The van der Waals surface area contributed by atoms with Crippen LogP contribution in [0.25, 0.3) is 0 Å². The molecule has 1 unspecified atom stereocenters. The maximum absolute atomic E-state index is 10.6. The van der Waals surface area contributed by atoms with Gasteiger partial charge in [0.15, 0.2) is 0 Å². The third kappa shape index (κ3) is 4.58. The summed E-state index contributed by atoms with van der Waals surface area (Å²) in [4.78, 5) is 11.6. The third-order valence-corrected chi connectivity index (χ3v) is 3.64. The summed E-state index contributed by atoms with van der Waals surface area (Å²) in [6.45, 7) is 4.19. The standard InChI is InChI=1S/C12H16ClNO2S/c1-7(2)17-11-4-3-8(5-9(11)13)6-10(14)12(15)16/h3-5,7,10H,6,14H2,1-2H3,(H,15,16). The van der Waals surface area contributed by atoms with Crippen molar-refractivity contribution in [3.05, 3.63) is 28.8 Å². The van der Waals surface area contributed by atoms with E-state index in [4.69, 9.17) is 22.4 Å². The lowest BCUT2D eigenvalue weighted by Crippen LogP contribution is -2.32. The molecule has 0 heterocycles. The average Bonchev–Trinajstić information content (AvgIpc) is 2.21. The maximum Gasteiger partial charge on any atom is 0.320 e. The summed E-state index contributed by atoms with van der Waals surface area (Å²) in [7, 11) is 0. The zero-order valence-corrected chi connectivity index (χ0v) is 11.4. The minimum atomic E-state index is -0.998. The number of benzene rings is 1. The number of rotatable bonds is 5. The Labute approximate surface area is 110 Å². The molecule has 0 saturated heterocycles. The number of aliphatic carboxylic acids is 1. The molecule has 3 nitrogen and oxygen atoms in total. The van der Waals surface area contributed by atoms with E-state index in [0.29, 0.717) is 16.7 Å². The van der Waals surface area contributed by atoms with Crippen molar-refractivity contribution < 1.29 is 9.90 Å². The van der Waals surface area contributed by atoms with E-state index in [1.165, 1.54) is 0 Å². The Morgan fingerprint density at radius 2 is 2.18 bits per heavy atom. The highest BCUT2D eigenvalue weighted by atomic mass is 35.5. The van der Waals surface area contributed by atoms with Crippen LogP contribution in [0.1, 0.15) is 19.4 Å².